The van der Waals surface area contributed by atoms with Crippen LogP contribution in [0.2, 0.25) is 0 Å². The van der Waals surface area contributed by atoms with Crippen molar-refractivity contribution in [1.82, 2.24) is 0 Å². The number of nitrogens with zero attached hydrogens (tertiary/aromatic N) is 2. The summed E-state index contributed by atoms with van der Waals surface area (Å²) in [5.74, 6) is 0.544. The van der Waals surface area contributed by atoms with E-state index >= 15 is 0 Å². The standard InChI is InChI=1S/C44H40N2/c1-32-12-9-17-37(28-32)38-18-10-19-41(31-38)46(44-30-35(23-22-33(44)2)29-34-13-5-4-6-14-34)40-26-24-39(25-27-40)45(3)43-21-11-16-36-15-7-8-20-42(36)43/h4-11,13-28,30-32H,12,29H2,1-3H3. The lowest BCUT2D eigenvalue weighted by Crippen LogP contribution is -2.13. The minimum Gasteiger partial charge on any atom is -0.344 e. The van der Waals surface area contributed by atoms with Gasteiger partial charge in [-0.2, -0.15) is 0 Å². The molecule has 0 bridgehead atoms. The third-order valence-corrected chi connectivity index (χ3v) is 9.10. The highest BCUT2D eigenvalue weighted by molar-refractivity contribution is 5.96. The second-order valence-electron chi connectivity index (χ2n) is 12.5. The Morgan fingerprint density at radius 3 is 2.20 bits per heavy atom. The minimum absolute atomic E-state index is 0.544. The Balaban J connectivity index is 1.30. The Morgan fingerprint density at radius 1 is 0.630 bits per heavy atom. The summed E-state index contributed by atoms with van der Waals surface area (Å²) in [6.07, 6.45) is 8.96. The Morgan fingerprint density at radius 2 is 1.37 bits per heavy atom. The van der Waals surface area contributed by atoms with Crippen LogP contribution in [0.1, 0.15) is 35.6 Å². The van der Waals surface area contributed by atoms with E-state index in [2.05, 4.69) is 188 Å². The van der Waals surface area contributed by atoms with E-state index in [0.717, 1.165) is 29.9 Å². The van der Waals surface area contributed by atoms with Crippen molar-refractivity contribution in [2.75, 3.05) is 16.8 Å². The van der Waals surface area contributed by atoms with Gasteiger partial charge in [-0.15, -0.1) is 0 Å². The molecule has 0 spiro atoms. The molecule has 2 nitrogen and oxygen atoms in total. The van der Waals surface area contributed by atoms with Gasteiger partial charge in [0.15, 0.2) is 0 Å². The summed E-state index contributed by atoms with van der Waals surface area (Å²) in [5, 5.41) is 2.50. The molecule has 1 atom stereocenters. The number of aryl methyl sites for hydroxylation is 1. The van der Waals surface area contributed by atoms with Crippen LogP contribution in [0.4, 0.5) is 28.4 Å². The number of benzene rings is 6. The SMILES string of the molecule is Cc1ccc(Cc2ccccc2)cc1N(c1ccc(N(C)c2cccc3ccccc23)cc1)c1cccc(C2=CC(C)CC=C2)c1. The number of allylic oxidation sites excluding steroid dienone is 4. The van der Waals surface area contributed by atoms with Crippen LogP contribution in [0.5, 0.6) is 0 Å². The molecular formula is C44H40N2. The molecule has 1 unspecified atom stereocenters. The molecule has 6 aromatic rings. The van der Waals surface area contributed by atoms with Crippen molar-refractivity contribution in [2.24, 2.45) is 5.92 Å². The van der Waals surface area contributed by atoms with Gasteiger partial charge in [-0.25, -0.2) is 0 Å². The van der Waals surface area contributed by atoms with E-state index in [0.29, 0.717) is 5.92 Å². The maximum atomic E-state index is 2.42. The van der Waals surface area contributed by atoms with Crippen LogP contribution in [0.25, 0.3) is 16.3 Å². The van der Waals surface area contributed by atoms with Crippen molar-refractivity contribution >= 4 is 44.8 Å². The van der Waals surface area contributed by atoms with E-state index in [1.54, 1.807) is 0 Å². The molecule has 0 heterocycles. The summed E-state index contributed by atoms with van der Waals surface area (Å²) in [4.78, 5) is 4.71. The monoisotopic (exact) mass is 596 g/mol. The molecule has 6 aromatic carbocycles. The van der Waals surface area contributed by atoms with Gasteiger partial charge < -0.3 is 9.80 Å². The number of hydrogen-bond acceptors (Lipinski definition) is 2. The van der Waals surface area contributed by atoms with Crippen LogP contribution >= 0.6 is 0 Å². The third-order valence-electron chi connectivity index (χ3n) is 9.10. The molecule has 0 fully saturated rings. The molecule has 0 N–H and O–H groups in total. The average molecular weight is 597 g/mol. The molecule has 0 saturated carbocycles. The number of fused-ring (bicyclic) bond motifs is 1. The number of hydrogen-bond donors (Lipinski definition) is 0. The van der Waals surface area contributed by atoms with Crippen LogP contribution in [-0.2, 0) is 6.42 Å². The van der Waals surface area contributed by atoms with Gasteiger partial charge in [0.25, 0.3) is 0 Å². The molecule has 0 aromatic heterocycles. The van der Waals surface area contributed by atoms with Crippen molar-refractivity contribution < 1.29 is 0 Å². The van der Waals surface area contributed by atoms with Crippen molar-refractivity contribution in [3.8, 4) is 0 Å². The first-order valence-corrected chi connectivity index (χ1v) is 16.3. The zero-order chi connectivity index (χ0) is 31.5. The van der Waals surface area contributed by atoms with E-state index in [9.17, 15) is 0 Å². The van der Waals surface area contributed by atoms with Gasteiger partial charge in [-0.1, -0.05) is 116 Å². The summed E-state index contributed by atoms with van der Waals surface area (Å²) in [5.41, 5.74) is 12.2. The molecule has 46 heavy (non-hydrogen) atoms. The van der Waals surface area contributed by atoms with Crippen LogP contribution in [-0.4, -0.2) is 7.05 Å². The van der Waals surface area contributed by atoms with E-state index < -0.39 is 0 Å². The van der Waals surface area contributed by atoms with Gasteiger partial charge in [-0.3, -0.25) is 0 Å². The fraction of sp³-hybridized carbons (Fsp3) is 0.136. The first kappa shape index (κ1) is 29.4. The first-order chi connectivity index (χ1) is 22.5. The van der Waals surface area contributed by atoms with Crippen molar-refractivity contribution in [3.63, 3.8) is 0 Å². The molecule has 1 aliphatic rings. The largest absolute Gasteiger partial charge is 0.344 e. The highest BCUT2D eigenvalue weighted by atomic mass is 15.1. The molecule has 7 rings (SSSR count). The number of anilines is 5. The number of rotatable bonds is 8. The first-order valence-electron chi connectivity index (χ1n) is 16.3. The fourth-order valence-corrected chi connectivity index (χ4v) is 6.59. The lowest BCUT2D eigenvalue weighted by atomic mass is 9.93. The van der Waals surface area contributed by atoms with Gasteiger partial charge in [0, 0.05) is 40.9 Å². The summed E-state index contributed by atoms with van der Waals surface area (Å²) in [7, 11) is 2.15. The molecular weight excluding hydrogens is 556 g/mol. The van der Waals surface area contributed by atoms with Crippen molar-refractivity contribution in [2.45, 2.75) is 26.7 Å². The lowest BCUT2D eigenvalue weighted by molar-refractivity contribution is 0.740. The van der Waals surface area contributed by atoms with Gasteiger partial charge in [0.05, 0.1) is 0 Å². The lowest BCUT2D eigenvalue weighted by Gasteiger charge is -2.29. The Labute approximate surface area is 273 Å². The molecule has 0 saturated heterocycles. The van der Waals surface area contributed by atoms with Crippen molar-refractivity contribution in [1.29, 1.82) is 0 Å². The molecule has 0 amide bonds. The average Bonchev–Trinajstić information content (AvgIpc) is 3.10. The van der Waals surface area contributed by atoms with Crippen LogP contribution in [0.15, 0.2) is 158 Å². The Hall–Kier alpha value is -5.34. The Kier molecular flexibility index (Phi) is 8.27. The molecule has 0 aliphatic heterocycles. The predicted molar refractivity (Wildman–Crippen MR) is 198 cm³/mol. The van der Waals surface area contributed by atoms with E-state index in [1.165, 1.54) is 50.0 Å². The second-order valence-corrected chi connectivity index (χ2v) is 12.5. The van der Waals surface area contributed by atoms with Gasteiger partial charge in [-0.05, 0) is 107 Å². The summed E-state index contributed by atoms with van der Waals surface area (Å²) >= 11 is 0. The van der Waals surface area contributed by atoms with E-state index in [1.807, 2.05) is 0 Å². The summed E-state index contributed by atoms with van der Waals surface area (Å²) < 4.78 is 0. The summed E-state index contributed by atoms with van der Waals surface area (Å²) in [6, 6.07) is 50.7. The van der Waals surface area contributed by atoms with Gasteiger partial charge >= 0.3 is 0 Å². The molecule has 2 heteroatoms. The fourth-order valence-electron chi connectivity index (χ4n) is 6.59. The van der Waals surface area contributed by atoms with Crippen LogP contribution < -0.4 is 9.80 Å². The molecule has 226 valence electrons. The third kappa shape index (κ3) is 6.12. The van der Waals surface area contributed by atoms with E-state index in [-0.39, 0.29) is 0 Å². The molecule has 1 aliphatic carbocycles. The maximum absolute atomic E-state index is 2.42. The minimum atomic E-state index is 0.544. The highest BCUT2D eigenvalue weighted by Gasteiger charge is 2.18. The second kappa shape index (κ2) is 12.9. The zero-order valence-electron chi connectivity index (χ0n) is 26.9. The maximum Gasteiger partial charge on any atom is 0.0493 e. The Bertz CT molecular complexity index is 2030. The molecule has 0 radical (unpaired) electrons. The topological polar surface area (TPSA) is 6.48 Å². The summed E-state index contributed by atoms with van der Waals surface area (Å²) in [6.45, 7) is 4.51. The van der Waals surface area contributed by atoms with E-state index in [4.69, 9.17) is 0 Å². The van der Waals surface area contributed by atoms with Crippen LogP contribution in [0.3, 0.4) is 0 Å². The van der Waals surface area contributed by atoms with Gasteiger partial charge in [0.2, 0.25) is 0 Å². The smallest absolute Gasteiger partial charge is 0.0493 e. The highest BCUT2D eigenvalue weighted by Crippen LogP contribution is 2.40. The van der Waals surface area contributed by atoms with Gasteiger partial charge in [0.1, 0.15) is 0 Å². The van der Waals surface area contributed by atoms with Crippen LogP contribution in [0, 0.1) is 12.8 Å². The zero-order valence-corrected chi connectivity index (χ0v) is 26.9. The predicted octanol–water partition coefficient (Wildman–Crippen LogP) is 12.0. The van der Waals surface area contributed by atoms with Crippen molar-refractivity contribution in [3.05, 3.63) is 180 Å². The normalized spacial score (nSPS) is 14.2. The quantitative estimate of drug-likeness (QED) is 0.172.